The average molecular weight is 305 g/mol. The second-order valence-electron chi connectivity index (χ2n) is 4.83. The van der Waals surface area contributed by atoms with E-state index in [4.69, 9.17) is 42.1 Å². The van der Waals surface area contributed by atoms with Gasteiger partial charge >= 0.3 is 0 Å². The molecule has 104 valence electrons. The van der Waals surface area contributed by atoms with Crippen LogP contribution in [0.5, 0.6) is 11.5 Å². The van der Waals surface area contributed by atoms with Gasteiger partial charge in [-0.3, -0.25) is 0 Å². The maximum atomic E-state index is 5.93. The number of halogens is 2. The van der Waals surface area contributed by atoms with E-state index in [9.17, 15) is 0 Å². The number of alkyl halides is 2. The third-order valence-corrected chi connectivity index (χ3v) is 4.45. The van der Waals surface area contributed by atoms with Crippen LogP contribution < -0.4 is 9.47 Å². The predicted octanol–water partition coefficient (Wildman–Crippen LogP) is 2.92. The van der Waals surface area contributed by atoms with Gasteiger partial charge in [0.15, 0.2) is 17.8 Å². The minimum absolute atomic E-state index is 0.257. The maximum Gasteiger partial charge on any atom is 0.231 e. The third-order valence-electron chi connectivity index (χ3n) is 3.32. The Balaban J connectivity index is 1.72. The molecule has 2 aliphatic rings. The van der Waals surface area contributed by atoms with Crippen LogP contribution in [0, 0.1) is 5.41 Å². The highest BCUT2D eigenvalue weighted by Crippen LogP contribution is 2.38. The molecule has 0 atom stereocenters. The molecule has 0 spiro atoms. The standard InChI is InChI=1S/C13H14Cl2O4/c14-4-13(5-15)6-16-12(17-7-13)9-1-2-10-11(3-9)19-8-18-10/h1-3,12H,4-8H2. The fourth-order valence-electron chi connectivity index (χ4n) is 2.04. The van der Waals surface area contributed by atoms with Crippen molar-refractivity contribution in [1.82, 2.24) is 0 Å². The molecule has 1 saturated heterocycles. The average Bonchev–Trinajstić information content (AvgIpc) is 2.95. The molecule has 2 aliphatic heterocycles. The van der Waals surface area contributed by atoms with Gasteiger partial charge in [0, 0.05) is 22.7 Å². The zero-order valence-corrected chi connectivity index (χ0v) is 11.7. The van der Waals surface area contributed by atoms with Crippen LogP contribution in [0.25, 0.3) is 0 Å². The predicted molar refractivity (Wildman–Crippen MR) is 71.1 cm³/mol. The van der Waals surface area contributed by atoms with Gasteiger partial charge in [0.2, 0.25) is 6.79 Å². The molecule has 0 saturated carbocycles. The second kappa shape index (κ2) is 5.37. The van der Waals surface area contributed by atoms with E-state index in [0.29, 0.717) is 25.0 Å². The Kier molecular flexibility index (Phi) is 3.76. The van der Waals surface area contributed by atoms with Crippen molar-refractivity contribution in [3.63, 3.8) is 0 Å². The minimum atomic E-state index is -0.408. The highest BCUT2D eigenvalue weighted by atomic mass is 35.5. The van der Waals surface area contributed by atoms with Crippen LogP contribution in [0.4, 0.5) is 0 Å². The molecule has 1 aromatic carbocycles. The maximum absolute atomic E-state index is 5.93. The first-order valence-corrected chi connectivity index (χ1v) is 7.08. The summed E-state index contributed by atoms with van der Waals surface area (Å²) in [6.45, 7) is 1.23. The fraction of sp³-hybridized carbons (Fsp3) is 0.538. The Morgan fingerprint density at radius 1 is 1.05 bits per heavy atom. The van der Waals surface area contributed by atoms with E-state index in [1.165, 1.54) is 0 Å². The third kappa shape index (κ3) is 2.50. The van der Waals surface area contributed by atoms with Crippen molar-refractivity contribution in [2.75, 3.05) is 31.8 Å². The molecule has 6 heteroatoms. The van der Waals surface area contributed by atoms with E-state index >= 15 is 0 Å². The quantitative estimate of drug-likeness (QED) is 0.805. The van der Waals surface area contributed by atoms with E-state index in [2.05, 4.69) is 0 Å². The summed E-state index contributed by atoms with van der Waals surface area (Å²) in [7, 11) is 0. The molecular weight excluding hydrogens is 291 g/mol. The lowest BCUT2D eigenvalue weighted by molar-refractivity contribution is -0.224. The molecule has 2 heterocycles. The summed E-state index contributed by atoms with van der Waals surface area (Å²) in [5, 5.41) is 0. The van der Waals surface area contributed by atoms with Crippen molar-refractivity contribution in [3.05, 3.63) is 23.8 Å². The summed E-state index contributed by atoms with van der Waals surface area (Å²) in [5.41, 5.74) is 0.609. The fourth-order valence-corrected chi connectivity index (χ4v) is 2.63. The zero-order valence-electron chi connectivity index (χ0n) is 10.2. The monoisotopic (exact) mass is 304 g/mol. The van der Waals surface area contributed by atoms with Crippen LogP contribution in [0.2, 0.25) is 0 Å². The number of fused-ring (bicyclic) bond motifs is 1. The SMILES string of the molecule is ClCC1(CCl)COC(c2ccc3c(c2)OCO3)OC1. The minimum Gasteiger partial charge on any atom is -0.454 e. The summed E-state index contributed by atoms with van der Waals surface area (Å²) in [4.78, 5) is 0. The first kappa shape index (κ1) is 13.3. The van der Waals surface area contributed by atoms with Crippen LogP contribution in [0.1, 0.15) is 11.9 Å². The summed E-state index contributed by atoms with van der Waals surface area (Å²) in [6, 6.07) is 5.64. The van der Waals surface area contributed by atoms with Crippen molar-refractivity contribution in [3.8, 4) is 11.5 Å². The van der Waals surface area contributed by atoms with E-state index in [-0.39, 0.29) is 12.2 Å². The van der Waals surface area contributed by atoms with E-state index in [1.54, 1.807) is 0 Å². The molecular formula is C13H14Cl2O4. The van der Waals surface area contributed by atoms with Crippen molar-refractivity contribution >= 4 is 23.2 Å². The highest BCUT2D eigenvalue weighted by molar-refractivity contribution is 6.21. The van der Waals surface area contributed by atoms with Crippen LogP contribution in [0.3, 0.4) is 0 Å². The molecule has 1 fully saturated rings. The largest absolute Gasteiger partial charge is 0.454 e. The van der Waals surface area contributed by atoms with Gasteiger partial charge in [-0.2, -0.15) is 0 Å². The number of hydrogen-bond acceptors (Lipinski definition) is 4. The number of rotatable bonds is 3. The van der Waals surface area contributed by atoms with Crippen LogP contribution in [-0.4, -0.2) is 31.8 Å². The highest BCUT2D eigenvalue weighted by Gasteiger charge is 2.36. The molecule has 4 nitrogen and oxygen atoms in total. The summed E-state index contributed by atoms with van der Waals surface area (Å²) < 4.78 is 22.1. The molecule has 3 rings (SSSR count). The van der Waals surface area contributed by atoms with Crippen LogP contribution in [0.15, 0.2) is 18.2 Å². The first-order valence-electron chi connectivity index (χ1n) is 6.01. The summed E-state index contributed by atoms with van der Waals surface area (Å²) in [5.74, 6) is 2.31. The first-order chi connectivity index (χ1) is 9.26. The number of ether oxygens (including phenoxy) is 4. The van der Waals surface area contributed by atoms with Gasteiger partial charge in [0.1, 0.15) is 0 Å². The molecule has 0 unspecified atom stereocenters. The van der Waals surface area contributed by atoms with Gasteiger partial charge in [-0.1, -0.05) is 0 Å². The molecule has 1 aromatic rings. The van der Waals surface area contributed by atoms with E-state index in [0.717, 1.165) is 17.1 Å². The van der Waals surface area contributed by atoms with Crippen molar-refractivity contribution in [1.29, 1.82) is 0 Å². The van der Waals surface area contributed by atoms with E-state index < -0.39 is 6.29 Å². The zero-order chi connectivity index (χ0) is 13.3. The Bertz CT molecular complexity index is 452. The lowest BCUT2D eigenvalue weighted by atomic mass is 9.94. The normalized spacial score (nSPS) is 21.6. The lowest BCUT2D eigenvalue weighted by Crippen LogP contribution is -2.41. The van der Waals surface area contributed by atoms with Gasteiger partial charge < -0.3 is 18.9 Å². The number of hydrogen-bond donors (Lipinski definition) is 0. The van der Waals surface area contributed by atoms with Gasteiger partial charge in [-0.25, -0.2) is 0 Å². The topological polar surface area (TPSA) is 36.9 Å². The van der Waals surface area contributed by atoms with Gasteiger partial charge in [-0.05, 0) is 18.2 Å². The van der Waals surface area contributed by atoms with Gasteiger partial charge in [0.05, 0.1) is 13.2 Å². The molecule has 0 aliphatic carbocycles. The molecule has 0 N–H and O–H groups in total. The molecule has 0 aromatic heterocycles. The van der Waals surface area contributed by atoms with Crippen LogP contribution >= 0.6 is 23.2 Å². The van der Waals surface area contributed by atoms with Crippen molar-refractivity contribution in [2.45, 2.75) is 6.29 Å². The van der Waals surface area contributed by atoms with Crippen LogP contribution in [-0.2, 0) is 9.47 Å². The molecule has 19 heavy (non-hydrogen) atoms. The molecule has 0 bridgehead atoms. The van der Waals surface area contributed by atoms with E-state index in [1.807, 2.05) is 18.2 Å². The summed E-state index contributed by atoms with van der Waals surface area (Å²) >= 11 is 11.9. The molecule has 0 amide bonds. The van der Waals surface area contributed by atoms with Crippen molar-refractivity contribution < 1.29 is 18.9 Å². The van der Waals surface area contributed by atoms with Crippen molar-refractivity contribution in [2.24, 2.45) is 5.41 Å². The summed E-state index contributed by atoms with van der Waals surface area (Å²) in [6.07, 6.45) is -0.408. The molecule has 0 radical (unpaired) electrons. The van der Waals surface area contributed by atoms with Gasteiger partial charge in [0.25, 0.3) is 0 Å². The second-order valence-corrected chi connectivity index (χ2v) is 5.37. The lowest BCUT2D eigenvalue weighted by Gasteiger charge is -2.37. The van der Waals surface area contributed by atoms with Gasteiger partial charge in [-0.15, -0.1) is 23.2 Å². The Hall–Kier alpha value is -0.680. The Morgan fingerprint density at radius 2 is 1.74 bits per heavy atom. The Labute approximate surface area is 121 Å². The number of benzene rings is 1. The Morgan fingerprint density at radius 3 is 2.42 bits per heavy atom. The smallest absolute Gasteiger partial charge is 0.231 e.